The zero-order valence-electron chi connectivity index (χ0n) is 7.88. The molecule has 1 N–H and O–H groups in total. The van der Waals surface area contributed by atoms with Crippen LogP contribution in [0.3, 0.4) is 0 Å². The van der Waals surface area contributed by atoms with Gasteiger partial charge in [0.25, 0.3) is 6.43 Å². The van der Waals surface area contributed by atoms with E-state index < -0.39 is 12.4 Å². The van der Waals surface area contributed by atoms with Crippen LogP contribution in [0.2, 0.25) is 0 Å². The number of alkyl halides is 3. The quantitative estimate of drug-likeness (QED) is 0.663. The molecule has 0 saturated heterocycles. The summed E-state index contributed by atoms with van der Waals surface area (Å²) in [6.07, 6.45) is -2.93. The molecule has 88 valence electrons. The summed E-state index contributed by atoms with van der Waals surface area (Å²) < 4.78 is 25.3. The highest BCUT2D eigenvalue weighted by Crippen LogP contribution is 2.27. The number of hydrogen-bond donors (Lipinski definition) is 1. The first-order valence-electron chi connectivity index (χ1n) is 4.19. The molecule has 0 atom stereocenters. The van der Waals surface area contributed by atoms with E-state index in [-0.39, 0.29) is 22.0 Å². The second-order valence-corrected chi connectivity index (χ2v) is 4.30. The van der Waals surface area contributed by atoms with Crippen molar-refractivity contribution in [1.29, 1.82) is 0 Å². The number of halogens is 4. The molecular formula is C9H7Br2F2NO2. The average Bonchev–Trinajstić information content (AvgIpc) is 2.19. The summed E-state index contributed by atoms with van der Waals surface area (Å²) in [5, 5.41) is 8.83. The van der Waals surface area contributed by atoms with Crippen molar-refractivity contribution >= 4 is 37.8 Å². The number of carboxylic acids is 1. The molecule has 3 nitrogen and oxygen atoms in total. The van der Waals surface area contributed by atoms with Gasteiger partial charge in [-0.1, -0.05) is 15.9 Å². The molecule has 0 aliphatic carbocycles. The molecule has 0 fully saturated rings. The summed E-state index contributed by atoms with van der Waals surface area (Å²) in [4.78, 5) is 14.2. The molecule has 1 heterocycles. The Morgan fingerprint density at radius 2 is 2.12 bits per heavy atom. The molecule has 0 unspecified atom stereocenters. The minimum absolute atomic E-state index is 0.148. The molecule has 7 heteroatoms. The summed E-state index contributed by atoms with van der Waals surface area (Å²) in [7, 11) is 0. The smallest absolute Gasteiger partial charge is 0.307 e. The van der Waals surface area contributed by atoms with E-state index in [1.165, 1.54) is 6.07 Å². The minimum Gasteiger partial charge on any atom is -0.481 e. The Balaban J connectivity index is 3.20. The fraction of sp³-hybridized carbons (Fsp3) is 0.333. The van der Waals surface area contributed by atoms with Gasteiger partial charge in [0.05, 0.1) is 6.42 Å². The van der Waals surface area contributed by atoms with Crippen molar-refractivity contribution in [2.24, 2.45) is 0 Å². The zero-order chi connectivity index (χ0) is 12.3. The largest absolute Gasteiger partial charge is 0.481 e. The Morgan fingerprint density at radius 1 is 1.50 bits per heavy atom. The van der Waals surface area contributed by atoms with Crippen molar-refractivity contribution in [2.45, 2.75) is 18.2 Å². The third kappa shape index (κ3) is 3.21. The number of carboxylic acid groups (broad SMARTS) is 1. The molecule has 0 bridgehead atoms. The highest BCUT2D eigenvalue weighted by atomic mass is 79.9. The lowest BCUT2D eigenvalue weighted by atomic mass is 10.1. The van der Waals surface area contributed by atoms with Crippen molar-refractivity contribution in [1.82, 2.24) is 4.98 Å². The normalized spacial score (nSPS) is 10.8. The van der Waals surface area contributed by atoms with Crippen molar-refractivity contribution in [3.63, 3.8) is 0 Å². The third-order valence-electron chi connectivity index (χ3n) is 1.85. The van der Waals surface area contributed by atoms with Crippen molar-refractivity contribution < 1.29 is 18.7 Å². The van der Waals surface area contributed by atoms with Gasteiger partial charge in [-0.25, -0.2) is 13.8 Å². The van der Waals surface area contributed by atoms with E-state index in [2.05, 4.69) is 36.8 Å². The van der Waals surface area contributed by atoms with E-state index in [1.807, 2.05) is 0 Å². The first-order chi connectivity index (χ1) is 7.45. The van der Waals surface area contributed by atoms with Gasteiger partial charge >= 0.3 is 5.97 Å². The fourth-order valence-corrected chi connectivity index (χ4v) is 2.07. The molecule has 1 aromatic rings. The average molecular weight is 359 g/mol. The van der Waals surface area contributed by atoms with Crippen LogP contribution in [-0.2, 0) is 16.5 Å². The van der Waals surface area contributed by atoms with Crippen molar-refractivity contribution in [3.05, 3.63) is 27.5 Å². The maximum absolute atomic E-state index is 12.6. The molecule has 1 rings (SSSR count). The number of aromatic nitrogens is 1. The summed E-state index contributed by atoms with van der Waals surface area (Å²) in [5.41, 5.74) is 0.346. The molecule has 0 aliphatic heterocycles. The van der Waals surface area contributed by atoms with Gasteiger partial charge in [-0.05, 0) is 33.1 Å². The van der Waals surface area contributed by atoms with Crippen LogP contribution < -0.4 is 0 Å². The lowest BCUT2D eigenvalue weighted by molar-refractivity contribution is -0.136. The molecule has 0 saturated carbocycles. The molecule has 16 heavy (non-hydrogen) atoms. The zero-order valence-corrected chi connectivity index (χ0v) is 11.1. The molecule has 0 aromatic carbocycles. The van der Waals surface area contributed by atoms with Gasteiger partial charge in [-0.15, -0.1) is 0 Å². The van der Waals surface area contributed by atoms with Gasteiger partial charge in [0.2, 0.25) is 0 Å². The van der Waals surface area contributed by atoms with E-state index in [0.29, 0.717) is 11.1 Å². The number of hydrogen-bond acceptors (Lipinski definition) is 2. The summed E-state index contributed by atoms with van der Waals surface area (Å²) in [6, 6.07) is 1.42. The monoisotopic (exact) mass is 357 g/mol. The molecule has 0 spiro atoms. The second-order valence-electron chi connectivity index (χ2n) is 2.99. The Kier molecular flexibility index (Phi) is 4.79. The number of carbonyl (C=O) groups is 1. The molecular weight excluding hydrogens is 352 g/mol. The van der Waals surface area contributed by atoms with Crippen molar-refractivity contribution in [2.75, 3.05) is 0 Å². The Hall–Kier alpha value is -0.560. The minimum atomic E-state index is -2.68. The van der Waals surface area contributed by atoms with Gasteiger partial charge in [-0.3, -0.25) is 4.79 Å². The molecule has 0 radical (unpaired) electrons. The van der Waals surface area contributed by atoms with Crippen LogP contribution in [0.1, 0.15) is 23.2 Å². The predicted molar refractivity (Wildman–Crippen MR) is 60.9 cm³/mol. The maximum atomic E-state index is 12.6. The van der Waals surface area contributed by atoms with Gasteiger partial charge in [0.15, 0.2) is 0 Å². The Bertz CT molecular complexity index is 413. The first-order valence-corrected chi connectivity index (χ1v) is 6.11. The van der Waals surface area contributed by atoms with Crippen LogP contribution in [0.5, 0.6) is 0 Å². The number of aliphatic carboxylic acids is 1. The van der Waals surface area contributed by atoms with Crippen LogP contribution in [0, 0.1) is 0 Å². The second kappa shape index (κ2) is 5.67. The fourth-order valence-electron chi connectivity index (χ4n) is 1.18. The highest BCUT2D eigenvalue weighted by Gasteiger charge is 2.18. The van der Waals surface area contributed by atoms with Crippen LogP contribution in [0.25, 0.3) is 0 Å². The number of nitrogens with zero attached hydrogens (tertiary/aromatic N) is 1. The van der Waals surface area contributed by atoms with E-state index in [9.17, 15) is 13.6 Å². The van der Waals surface area contributed by atoms with Gasteiger partial charge in [0.1, 0.15) is 10.3 Å². The number of pyridine rings is 1. The first kappa shape index (κ1) is 13.5. The SMILES string of the molecule is O=C(O)Cc1cc(CBr)c(C(F)F)nc1Br. The third-order valence-corrected chi connectivity index (χ3v) is 3.14. The summed E-state index contributed by atoms with van der Waals surface area (Å²) in [5.74, 6) is -1.03. The molecule has 0 aliphatic rings. The Labute approximate surface area is 107 Å². The van der Waals surface area contributed by atoms with Gasteiger partial charge in [0, 0.05) is 5.33 Å². The van der Waals surface area contributed by atoms with E-state index in [0.717, 1.165) is 0 Å². The molecule has 1 aromatic heterocycles. The standard InChI is InChI=1S/C9H7Br2F2NO2/c10-3-5-1-4(2-6(15)16)8(11)14-7(5)9(12)13/h1,9H,2-3H2,(H,15,16). The number of rotatable bonds is 4. The van der Waals surface area contributed by atoms with Crippen LogP contribution >= 0.6 is 31.9 Å². The summed E-state index contributed by atoms with van der Waals surface area (Å²) in [6.45, 7) is 0. The topological polar surface area (TPSA) is 50.2 Å². The lowest BCUT2D eigenvalue weighted by Crippen LogP contribution is -2.06. The van der Waals surface area contributed by atoms with E-state index in [4.69, 9.17) is 5.11 Å². The van der Waals surface area contributed by atoms with Crippen LogP contribution in [0.4, 0.5) is 8.78 Å². The van der Waals surface area contributed by atoms with Crippen molar-refractivity contribution in [3.8, 4) is 0 Å². The predicted octanol–water partition coefficient (Wildman–Crippen LogP) is 3.30. The van der Waals surface area contributed by atoms with Gasteiger partial charge in [-0.2, -0.15) is 0 Å². The maximum Gasteiger partial charge on any atom is 0.307 e. The molecule has 0 amide bonds. The van der Waals surface area contributed by atoms with Gasteiger partial charge < -0.3 is 5.11 Å². The lowest BCUT2D eigenvalue weighted by Gasteiger charge is -2.09. The van der Waals surface area contributed by atoms with Crippen LogP contribution in [-0.4, -0.2) is 16.1 Å². The summed E-state index contributed by atoms with van der Waals surface area (Å²) >= 11 is 6.05. The highest BCUT2D eigenvalue weighted by molar-refractivity contribution is 9.10. The van der Waals surface area contributed by atoms with E-state index >= 15 is 0 Å². The Morgan fingerprint density at radius 3 is 2.56 bits per heavy atom. The van der Waals surface area contributed by atoms with E-state index in [1.54, 1.807) is 0 Å². The van der Waals surface area contributed by atoms with Crippen LogP contribution in [0.15, 0.2) is 10.7 Å².